The Morgan fingerprint density at radius 2 is 2.10 bits per heavy atom. The van der Waals surface area contributed by atoms with Gasteiger partial charge in [0.25, 0.3) is 0 Å². The summed E-state index contributed by atoms with van der Waals surface area (Å²) in [6.45, 7) is 8.19. The van der Waals surface area contributed by atoms with Gasteiger partial charge in [-0.1, -0.05) is 19.9 Å². The van der Waals surface area contributed by atoms with Crippen molar-refractivity contribution >= 4 is 0 Å². The van der Waals surface area contributed by atoms with E-state index in [1.165, 1.54) is 12.5 Å². The van der Waals surface area contributed by atoms with Gasteiger partial charge in [0, 0.05) is 6.07 Å². The second-order valence-corrected chi connectivity index (χ2v) is 6.40. The summed E-state index contributed by atoms with van der Waals surface area (Å²) in [5.74, 6) is 1.14. The van der Waals surface area contributed by atoms with E-state index < -0.39 is 0 Å². The van der Waals surface area contributed by atoms with Gasteiger partial charge in [-0.2, -0.15) is 0 Å². The maximum atomic E-state index is 13.6. The van der Waals surface area contributed by atoms with Crippen LogP contribution < -0.4 is 10.1 Å². The lowest BCUT2D eigenvalue weighted by molar-refractivity contribution is -0.0145. The predicted octanol–water partition coefficient (Wildman–Crippen LogP) is 4.07. The number of halogens is 1. The van der Waals surface area contributed by atoms with E-state index in [1.807, 2.05) is 6.07 Å². The highest BCUT2D eigenvalue weighted by Gasteiger charge is 2.38. The van der Waals surface area contributed by atoms with Crippen molar-refractivity contribution in [1.29, 1.82) is 0 Å². The third kappa shape index (κ3) is 3.95. The molecule has 0 spiro atoms. The number of nitrogens with one attached hydrogen (secondary N) is 1. The van der Waals surface area contributed by atoms with E-state index in [-0.39, 0.29) is 11.4 Å². The second-order valence-electron chi connectivity index (χ2n) is 6.40. The lowest BCUT2D eigenvalue weighted by Crippen LogP contribution is -2.45. The lowest BCUT2D eigenvalue weighted by Gasteiger charge is -2.42. The maximum absolute atomic E-state index is 13.6. The Hall–Kier alpha value is -1.09. The van der Waals surface area contributed by atoms with Crippen LogP contribution in [0.5, 0.6) is 5.75 Å². The van der Waals surface area contributed by atoms with Crippen molar-refractivity contribution in [3.63, 3.8) is 0 Å². The predicted molar refractivity (Wildman–Crippen MR) is 80.7 cm³/mol. The van der Waals surface area contributed by atoms with Gasteiger partial charge in [-0.05, 0) is 63.2 Å². The van der Waals surface area contributed by atoms with Gasteiger partial charge in [-0.15, -0.1) is 0 Å². The van der Waals surface area contributed by atoms with Crippen LogP contribution in [0.25, 0.3) is 0 Å². The molecular formula is C17H26FNO. The molecule has 0 bridgehead atoms. The van der Waals surface area contributed by atoms with Gasteiger partial charge in [0.15, 0.2) is 0 Å². The number of ether oxygens (including phenoxy) is 1. The molecule has 1 aromatic rings. The number of benzene rings is 1. The van der Waals surface area contributed by atoms with Crippen LogP contribution in [-0.4, -0.2) is 18.7 Å². The molecule has 1 fully saturated rings. The van der Waals surface area contributed by atoms with Crippen LogP contribution in [0.4, 0.5) is 4.39 Å². The summed E-state index contributed by atoms with van der Waals surface area (Å²) in [7, 11) is 0. The first-order valence-corrected chi connectivity index (χ1v) is 7.67. The molecule has 0 radical (unpaired) electrons. The van der Waals surface area contributed by atoms with Crippen LogP contribution in [0.3, 0.4) is 0 Å². The summed E-state index contributed by atoms with van der Waals surface area (Å²) < 4.78 is 19.7. The number of hydrogen-bond donors (Lipinski definition) is 1. The molecular weight excluding hydrogens is 253 g/mol. The van der Waals surface area contributed by atoms with Gasteiger partial charge in [-0.25, -0.2) is 4.39 Å². The Morgan fingerprint density at radius 3 is 2.65 bits per heavy atom. The van der Waals surface area contributed by atoms with Crippen molar-refractivity contribution in [1.82, 2.24) is 5.32 Å². The number of rotatable bonds is 7. The molecule has 2 nitrogen and oxygen atoms in total. The molecule has 20 heavy (non-hydrogen) atoms. The monoisotopic (exact) mass is 279 g/mol. The van der Waals surface area contributed by atoms with E-state index in [4.69, 9.17) is 4.74 Å². The molecule has 0 atom stereocenters. The van der Waals surface area contributed by atoms with E-state index in [0.29, 0.717) is 17.2 Å². The number of hydrogen-bond acceptors (Lipinski definition) is 2. The summed E-state index contributed by atoms with van der Waals surface area (Å²) in [4.78, 5) is 0. The zero-order valence-electron chi connectivity index (χ0n) is 12.8. The topological polar surface area (TPSA) is 21.3 Å². The van der Waals surface area contributed by atoms with Crippen molar-refractivity contribution in [2.24, 2.45) is 5.92 Å². The first-order chi connectivity index (χ1) is 9.51. The first-order valence-electron chi connectivity index (χ1n) is 7.67. The van der Waals surface area contributed by atoms with Crippen LogP contribution in [0.15, 0.2) is 18.2 Å². The summed E-state index contributed by atoms with van der Waals surface area (Å²) in [6.07, 6.45) is 4.35. The van der Waals surface area contributed by atoms with Crippen LogP contribution in [0.2, 0.25) is 0 Å². The van der Waals surface area contributed by atoms with Crippen LogP contribution in [0.1, 0.15) is 45.1 Å². The molecule has 0 heterocycles. The highest BCUT2D eigenvalue weighted by Crippen LogP contribution is 2.39. The van der Waals surface area contributed by atoms with Crippen molar-refractivity contribution in [2.75, 3.05) is 13.1 Å². The Morgan fingerprint density at radius 1 is 1.35 bits per heavy atom. The van der Waals surface area contributed by atoms with Gasteiger partial charge in [-0.3, -0.25) is 0 Å². The average Bonchev–Trinajstić information content (AvgIpc) is 2.35. The van der Waals surface area contributed by atoms with Crippen molar-refractivity contribution in [3.05, 3.63) is 29.6 Å². The van der Waals surface area contributed by atoms with Crippen LogP contribution in [0, 0.1) is 18.7 Å². The lowest BCUT2D eigenvalue weighted by atomic mass is 9.77. The van der Waals surface area contributed by atoms with Gasteiger partial charge >= 0.3 is 0 Å². The first kappa shape index (κ1) is 15.3. The zero-order valence-corrected chi connectivity index (χ0v) is 12.8. The standard InChI is InChI=1S/C17H26FNO/c1-13(2)12-19-10-9-17(7-4-8-17)20-15-6-5-14(3)16(18)11-15/h5-6,11,13,19H,4,7-10,12H2,1-3H3. The van der Waals surface area contributed by atoms with Crippen LogP contribution in [-0.2, 0) is 0 Å². The minimum absolute atomic E-state index is 0.0777. The van der Waals surface area contributed by atoms with E-state index in [1.54, 1.807) is 13.0 Å². The Balaban J connectivity index is 1.88. The fraction of sp³-hybridized carbons (Fsp3) is 0.647. The summed E-state index contributed by atoms with van der Waals surface area (Å²) in [6, 6.07) is 5.17. The van der Waals surface area contributed by atoms with Crippen molar-refractivity contribution in [2.45, 2.75) is 52.1 Å². The molecule has 1 aliphatic carbocycles. The third-order valence-electron chi connectivity index (χ3n) is 4.05. The van der Waals surface area contributed by atoms with Gasteiger partial charge in [0.2, 0.25) is 0 Å². The fourth-order valence-electron chi connectivity index (χ4n) is 2.57. The zero-order chi connectivity index (χ0) is 14.6. The molecule has 0 unspecified atom stereocenters. The van der Waals surface area contributed by atoms with E-state index in [0.717, 1.165) is 32.4 Å². The molecule has 0 amide bonds. The van der Waals surface area contributed by atoms with Gasteiger partial charge in [0.1, 0.15) is 17.2 Å². The number of aryl methyl sites for hydroxylation is 1. The minimum Gasteiger partial charge on any atom is -0.487 e. The van der Waals surface area contributed by atoms with Crippen LogP contribution >= 0.6 is 0 Å². The second kappa shape index (κ2) is 6.57. The highest BCUT2D eigenvalue weighted by molar-refractivity contribution is 5.29. The molecule has 0 aromatic heterocycles. The maximum Gasteiger partial charge on any atom is 0.129 e. The molecule has 1 aliphatic rings. The van der Waals surface area contributed by atoms with E-state index >= 15 is 0 Å². The molecule has 3 heteroatoms. The van der Waals surface area contributed by atoms with Crippen molar-refractivity contribution < 1.29 is 9.13 Å². The van der Waals surface area contributed by atoms with E-state index in [9.17, 15) is 4.39 Å². The summed E-state index contributed by atoms with van der Waals surface area (Å²) in [5, 5.41) is 3.46. The van der Waals surface area contributed by atoms with Gasteiger partial charge in [0.05, 0.1) is 0 Å². The molecule has 2 rings (SSSR count). The quantitative estimate of drug-likeness (QED) is 0.760. The summed E-state index contributed by atoms with van der Waals surface area (Å²) in [5.41, 5.74) is 0.588. The average molecular weight is 279 g/mol. The SMILES string of the molecule is Cc1ccc(OC2(CCNCC(C)C)CCC2)cc1F. The molecule has 0 aliphatic heterocycles. The summed E-state index contributed by atoms with van der Waals surface area (Å²) >= 11 is 0. The molecule has 1 aromatic carbocycles. The highest BCUT2D eigenvalue weighted by atomic mass is 19.1. The molecule has 1 saturated carbocycles. The smallest absolute Gasteiger partial charge is 0.129 e. The van der Waals surface area contributed by atoms with Gasteiger partial charge < -0.3 is 10.1 Å². The largest absolute Gasteiger partial charge is 0.487 e. The Kier molecular flexibility index (Phi) is 5.03. The fourth-order valence-corrected chi connectivity index (χ4v) is 2.57. The molecule has 1 N–H and O–H groups in total. The minimum atomic E-state index is -0.185. The molecule has 0 saturated heterocycles. The van der Waals surface area contributed by atoms with E-state index in [2.05, 4.69) is 19.2 Å². The normalized spacial score (nSPS) is 17.1. The van der Waals surface area contributed by atoms with Crippen molar-refractivity contribution in [3.8, 4) is 5.75 Å². The Labute approximate surface area is 121 Å². The Bertz CT molecular complexity index is 441. The molecule has 112 valence electrons. The third-order valence-corrected chi connectivity index (χ3v) is 4.05.